The van der Waals surface area contributed by atoms with Gasteiger partial charge in [0.05, 0.1) is 11.4 Å². The minimum Gasteiger partial charge on any atom is -0.739 e. The van der Waals surface area contributed by atoms with Crippen molar-refractivity contribution in [3.8, 4) is 5.69 Å². The smallest absolute Gasteiger partial charge is 0.231 e. The molecule has 2 aromatic rings. The Morgan fingerprint density at radius 1 is 1.21 bits per heavy atom. The van der Waals surface area contributed by atoms with Gasteiger partial charge in [0.1, 0.15) is 0 Å². The highest BCUT2D eigenvalue weighted by Crippen LogP contribution is 2.17. The number of aromatic nitrogens is 4. The van der Waals surface area contributed by atoms with Crippen LogP contribution in [0.1, 0.15) is 0 Å². The summed E-state index contributed by atoms with van der Waals surface area (Å²) < 4.78 is 0. The summed E-state index contributed by atoms with van der Waals surface area (Å²) in [5, 5.41) is 18.6. The van der Waals surface area contributed by atoms with Crippen molar-refractivity contribution in [3.05, 3.63) is 24.3 Å². The normalized spacial score (nSPS) is 14.4. The Hall–Kier alpha value is -1.91. The number of nitrogens with zero attached hydrogens (tertiary/aromatic N) is 6. The van der Waals surface area contributed by atoms with E-state index >= 15 is 0 Å². The van der Waals surface area contributed by atoms with Gasteiger partial charge in [-0.15, -0.1) is 20.5 Å². The van der Waals surface area contributed by atoms with Crippen molar-refractivity contribution in [2.24, 2.45) is 5.10 Å². The lowest BCUT2D eigenvalue weighted by molar-refractivity contribution is 0.623. The molecular weight excluding hydrogens is 284 g/mol. The molecule has 2 heterocycles. The van der Waals surface area contributed by atoms with Gasteiger partial charge in [-0.2, -0.15) is 5.10 Å². The molecule has 0 saturated heterocycles. The number of hydrazine groups is 2. The van der Waals surface area contributed by atoms with Crippen molar-refractivity contribution in [1.29, 1.82) is 0 Å². The molecule has 0 saturated carbocycles. The third kappa shape index (κ3) is 2.32. The lowest BCUT2D eigenvalue weighted by Gasteiger charge is -2.22. The quantitative estimate of drug-likeness (QED) is 0.606. The number of anilines is 1. The third-order valence-corrected chi connectivity index (χ3v) is 3.22. The minimum atomic E-state index is 0.427. The van der Waals surface area contributed by atoms with Crippen LogP contribution in [0.3, 0.4) is 0 Å². The van der Waals surface area contributed by atoms with E-state index in [-0.39, 0.29) is 0 Å². The molecule has 1 aromatic carbocycles. The maximum atomic E-state index is 5.06. The summed E-state index contributed by atoms with van der Waals surface area (Å²) in [5.41, 5.74) is 7.11. The molecule has 0 spiro atoms. The molecule has 1 aliphatic rings. The molecule has 0 amide bonds. The maximum absolute atomic E-state index is 5.06. The molecule has 1 aliphatic heterocycles. The Balaban J connectivity index is 1.84. The van der Waals surface area contributed by atoms with Crippen LogP contribution in [0.5, 0.6) is 0 Å². The topological polar surface area (TPSA) is 83.3 Å². The average Bonchev–Trinajstić information content (AvgIpc) is 3.07. The van der Waals surface area contributed by atoms with Gasteiger partial charge in [-0.1, -0.05) is 11.8 Å². The lowest BCUT2D eigenvalue weighted by atomic mass is 10.3. The minimum absolute atomic E-state index is 0.427. The fourth-order valence-corrected chi connectivity index (χ4v) is 2.00. The number of hydrazone groups is 1. The summed E-state index contributed by atoms with van der Waals surface area (Å²) >= 11 is 6.51. The number of nitrogens with one attached hydrogen (secondary N) is 2. The van der Waals surface area contributed by atoms with Crippen molar-refractivity contribution in [3.63, 3.8) is 0 Å². The second kappa shape index (κ2) is 4.99. The Bertz CT molecular complexity index is 607. The van der Waals surface area contributed by atoms with Gasteiger partial charge in [0.25, 0.3) is 0 Å². The first-order valence-electron chi connectivity index (χ1n) is 5.28. The standard InChI is InChI=1S/C9H10N8S2/c1-19-8-10-14-17(12-8)7-4-2-6(3-5-7)16-9(18)11-13-15-16/h2-5,13,15H,1H3,(H,11,18)/p-1. The van der Waals surface area contributed by atoms with Crippen LogP contribution >= 0.6 is 11.8 Å². The monoisotopic (exact) mass is 293 g/mol. The first-order chi connectivity index (χ1) is 9.28. The van der Waals surface area contributed by atoms with E-state index in [1.54, 1.807) is 5.01 Å². The molecule has 3 rings (SSSR count). The summed E-state index contributed by atoms with van der Waals surface area (Å²) in [4.78, 5) is 1.48. The van der Waals surface area contributed by atoms with Gasteiger partial charge in [0.2, 0.25) is 5.16 Å². The zero-order valence-electron chi connectivity index (χ0n) is 9.81. The number of hydrogen-bond acceptors (Lipinski definition) is 9. The van der Waals surface area contributed by atoms with E-state index in [9.17, 15) is 0 Å². The van der Waals surface area contributed by atoms with Crippen molar-refractivity contribution in [2.75, 3.05) is 11.3 Å². The van der Waals surface area contributed by atoms with Crippen LogP contribution in [0.15, 0.2) is 34.5 Å². The highest BCUT2D eigenvalue weighted by atomic mass is 32.2. The highest BCUT2D eigenvalue weighted by molar-refractivity contribution is 7.98. The number of amidine groups is 1. The molecule has 0 unspecified atom stereocenters. The van der Waals surface area contributed by atoms with Crippen LogP contribution in [-0.4, -0.2) is 31.6 Å². The predicted molar refractivity (Wildman–Crippen MR) is 74.5 cm³/mol. The summed E-state index contributed by atoms with van der Waals surface area (Å²) in [6, 6.07) is 7.53. The molecule has 8 nitrogen and oxygen atoms in total. The molecule has 98 valence electrons. The average molecular weight is 293 g/mol. The van der Waals surface area contributed by atoms with Gasteiger partial charge in [-0.25, -0.2) is 5.53 Å². The maximum Gasteiger partial charge on any atom is 0.231 e. The summed E-state index contributed by atoms with van der Waals surface area (Å²) in [7, 11) is 0. The van der Waals surface area contributed by atoms with E-state index in [0.717, 1.165) is 11.4 Å². The fourth-order valence-electron chi connectivity index (χ4n) is 1.52. The van der Waals surface area contributed by atoms with E-state index in [1.165, 1.54) is 16.6 Å². The van der Waals surface area contributed by atoms with Crippen molar-refractivity contribution in [2.45, 2.75) is 5.16 Å². The summed E-state index contributed by atoms with van der Waals surface area (Å²) in [6.07, 6.45) is 1.90. The van der Waals surface area contributed by atoms with Crippen molar-refractivity contribution >= 4 is 35.2 Å². The lowest BCUT2D eigenvalue weighted by Crippen LogP contribution is -2.40. The van der Waals surface area contributed by atoms with Crippen LogP contribution in [0.25, 0.3) is 5.69 Å². The van der Waals surface area contributed by atoms with Crippen molar-refractivity contribution < 1.29 is 0 Å². The largest absolute Gasteiger partial charge is 0.739 e. The van der Waals surface area contributed by atoms with Gasteiger partial charge in [-0.3, -0.25) is 5.01 Å². The second-order valence-corrected chi connectivity index (χ2v) is 4.67. The predicted octanol–water partition coefficient (Wildman–Crippen LogP) is 0.0313. The van der Waals surface area contributed by atoms with Gasteiger partial charge < -0.3 is 12.6 Å². The van der Waals surface area contributed by atoms with Crippen LogP contribution in [0.4, 0.5) is 5.69 Å². The molecule has 0 atom stereocenters. The first-order valence-corrected chi connectivity index (χ1v) is 6.91. The molecule has 0 radical (unpaired) electrons. The summed E-state index contributed by atoms with van der Waals surface area (Å²) in [6.45, 7) is 0. The highest BCUT2D eigenvalue weighted by Gasteiger charge is 2.10. The number of rotatable bonds is 3. The van der Waals surface area contributed by atoms with E-state index in [1.807, 2.05) is 30.5 Å². The SMILES string of the molecule is CSc1nnn(-c2ccc(N3NNN=C3[S-])cc2)n1. The first kappa shape index (κ1) is 12.1. The van der Waals surface area contributed by atoms with Gasteiger partial charge in [-0.05, 0) is 35.7 Å². The number of tetrazole rings is 1. The van der Waals surface area contributed by atoms with Gasteiger partial charge in [0.15, 0.2) is 0 Å². The molecule has 10 heteroatoms. The summed E-state index contributed by atoms with van der Waals surface area (Å²) in [5.74, 6) is 0. The molecular formula is C9H9N8S2-. The number of hydrogen-bond donors (Lipinski definition) is 2. The van der Waals surface area contributed by atoms with E-state index in [4.69, 9.17) is 12.6 Å². The Labute approximate surface area is 118 Å². The molecule has 0 bridgehead atoms. The van der Waals surface area contributed by atoms with Crippen LogP contribution in [-0.2, 0) is 12.6 Å². The van der Waals surface area contributed by atoms with E-state index < -0.39 is 0 Å². The van der Waals surface area contributed by atoms with Crippen molar-refractivity contribution in [1.82, 2.24) is 31.3 Å². The number of benzene rings is 1. The Kier molecular flexibility index (Phi) is 3.19. The molecule has 0 fully saturated rings. The van der Waals surface area contributed by atoms with Crippen LogP contribution in [0, 0.1) is 0 Å². The van der Waals surface area contributed by atoms with Crippen LogP contribution in [0.2, 0.25) is 0 Å². The second-order valence-electron chi connectivity index (χ2n) is 3.54. The van der Waals surface area contributed by atoms with Crippen LogP contribution < -0.4 is 16.1 Å². The molecule has 19 heavy (non-hydrogen) atoms. The molecule has 1 aromatic heterocycles. The van der Waals surface area contributed by atoms with Gasteiger partial charge in [0, 0.05) is 5.17 Å². The zero-order valence-corrected chi connectivity index (χ0v) is 11.4. The molecule has 0 aliphatic carbocycles. The number of thioether (sulfide) groups is 1. The van der Waals surface area contributed by atoms with Gasteiger partial charge >= 0.3 is 0 Å². The Morgan fingerprint density at radius 2 is 1.95 bits per heavy atom. The third-order valence-electron chi connectivity index (χ3n) is 2.42. The van der Waals surface area contributed by atoms with E-state index in [2.05, 4.69) is 31.6 Å². The fraction of sp³-hybridized carbons (Fsp3) is 0.111. The zero-order chi connectivity index (χ0) is 13.2. The molecule has 2 N–H and O–H groups in total. The Morgan fingerprint density at radius 3 is 2.53 bits per heavy atom. The van der Waals surface area contributed by atoms with E-state index in [0.29, 0.717) is 10.3 Å².